The van der Waals surface area contributed by atoms with Crippen molar-refractivity contribution in [3.05, 3.63) is 29.8 Å². The summed E-state index contributed by atoms with van der Waals surface area (Å²) in [5, 5.41) is 3.23. The number of nitrogens with one attached hydrogen (secondary N) is 1. The van der Waals surface area contributed by atoms with Gasteiger partial charge in [0.15, 0.2) is 0 Å². The molecule has 3 nitrogen and oxygen atoms in total. The molecule has 0 spiro atoms. The second-order valence-corrected chi connectivity index (χ2v) is 4.18. The van der Waals surface area contributed by atoms with E-state index in [-0.39, 0.29) is 6.04 Å². The van der Waals surface area contributed by atoms with Crippen LogP contribution in [-0.2, 0) is 4.74 Å². The third-order valence-electron chi connectivity index (χ3n) is 2.79. The molecular weight excluding hydrogens is 202 g/mol. The Morgan fingerprint density at radius 3 is 2.50 bits per heavy atom. The van der Waals surface area contributed by atoms with Crippen LogP contribution >= 0.6 is 0 Å². The van der Waals surface area contributed by atoms with Crippen LogP contribution in [0.25, 0.3) is 0 Å². The maximum atomic E-state index is 5.70. The number of likely N-dealkylation sites (N-methyl/N-ethyl adjacent to an activating group) is 1. The fourth-order valence-corrected chi connectivity index (χ4v) is 1.67. The molecule has 0 aliphatic heterocycles. The van der Waals surface area contributed by atoms with Gasteiger partial charge in [0.05, 0.1) is 18.8 Å². The minimum absolute atomic E-state index is 0.250. The topological polar surface area (TPSA) is 30.5 Å². The lowest BCUT2D eigenvalue weighted by Crippen LogP contribution is -2.20. The molecule has 1 N–H and O–H groups in total. The summed E-state index contributed by atoms with van der Waals surface area (Å²) in [7, 11) is 3.66. The smallest absolute Gasteiger partial charge is 0.119 e. The van der Waals surface area contributed by atoms with Crippen molar-refractivity contribution in [2.75, 3.05) is 20.8 Å². The molecule has 0 amide bonds. The van der Waals surface area contributed by atoms with Crippen LogP contribution in [0.2, 0.25) is 0 Å². The summed E-state index contributed by atoms with van der Waals surface area (Å²) in [6.07, 6.45) is 2.86. The van der Waals surface area contributed by atoms with E-state index in [9.17, 15) is 0 Å². The van der Waals surface area contributed by atoms with Crippen molar-refractivity contribution in [3.8, 4) is 5.75 Å². The second kappa shape index (κ2) is 5.32. The van der Waals surface area contributed by atoms with E-state index >= 15 is 0 Å². The van der Waals surface area contributed by atoms with Crippen LogP contribution in [0.1, 0.15) is 24.4 Å². The minimum Gasteiger partial charge on any atom is -0.490 e. The molecule has 1 aromatic rings. The van der Waals surface area contributed by atoms with Crippen molar-refractivity contribution in [2.24, 2.45) is 0 Å². The molecule has 1 unspecified atom stereocenters. The molecule has 0 aromatic heterocycles. The van der Waals surface area contributed by atoms with Crippen molar-refractivity contribution >= 4 is 0 Å². The van der Waals surface area contributed by atoms with Crippen molar-refractivity contribution < 1.29 is 9.47 Å². The number of hydrogen-bond donors (Lipinski definition) is 1. The first-order chi connectivity index (χ1) is 7.83. The van der Waals surface area contributed by atoms with Crippen LogP contribution < -0.4 is 10.1 Å². The van der Waals surface area contributed by atoms with Gasteiger partial charge in [0.2, 0.25) is 0 Å². The summed E-state index contributed by atoms with van der Waals surface area (Å²) in [5.74, 6) is 0.971. The molecule has 1 aromatic carbocycles. The zero-order valence-electron chi connectivity index (χ0n) is 9.90. The van der Waals surface area contributed by atoms with Crippen LogP contribution in [0.4, 0.5) is 0 Å². The van der Waals surface area contributed by atoms with Crippen LogP contribution in [0.15, 0.2) is 24.3 Å². The fraction of sp³-hybridized carbons (Fsp3) is 0.538. The number of hydrogen-bond acceptors (Lipinski definition) is 3. The quantitative estimate of drug-likeness (QED) is 0.798. The summed E-state index contributed by atoms with van der Waals surface area (Å²) in [4.78, 5) is 0. The molecule has 88 valence electrons. The van der Waals surface area contributed by atoms with Gasteiger partial charge in [0.25, 0.3) is 0 Å². The zero-order chi connectivity index (χ0) is 11.4. The SMILES string of the molecule is CNC(COC)c1ccc(OC2CC2)cc1. The normalized spacial score (nSPS) is 17.1. The summed E-state index contributed by atoms with van der Waals surface area (Å²) in [5.41, 5.74) is 1.23. The van der Waals surface area contributed by atoms with Gasteiger partial charge in [-0.1, -0.05) is 12.1 Å². The Kier molecular flexibility index (Phi) is 3.80. The number of ether oxygens (including phenoxy) is 2. The highest BCUT2D eigenvalue weighted by Gasteiger charge is 2.23. The number of methoxy groups -OCH3 is 1. The van der Waals surface area contributed by atoms with Crippen molar-refractivity contribution in [1.29, 1.82) is 0 Å². The van der Waals surface area contributed by atoms with Gasteiger partial charge in [-0.25, -0.2) is 0 Å². The Balaban J connectivity index is 1.98. The van der Waals surface area contributed by atoms with Crippen LogP contribution in [-0.4, -0.2) is 26.9 Å². The number of rotatable bonds is 6. The summed E-state index contributed by atoms with van der Waals surface area (Å²) >= 11 is 0. The third kappa shape index (κ3) is 2.97. The first-order valence-corrected chi connectivity index (χ1v) is 5.76. The van der Waals surface area contributed by atoms with Gasteiger partial charge in [-0.05, 0) is 37.6 Å². The Morgan fingerprint density at radius 2 is 2.00 bits per heavy atom. The molecule has 2 rings (SSSR count). The van der Waals surface area contributed by atoms with E-state index in [2.05, 4.69) is 17.4 Å². The summed E-state index contributed by atoms with van der Waals surface area (Å²) in [6.45, 7) is 0.680. The van der Waals surface area contributed by atoms with E-state index in [0.29, 0.717) is 12.7 Å². The molecular formula is C13H19NO2. The first-order valence-electron chi connectivity index (χ1n) is 5.76. The Hall–Kier alpha value is -1.06. The maximum absolute atomic E-state index is 5.70. The van der Waals surface area contributed by atoms with Crippen LogP contribution in [0, 0.1) is 0 Å². The lowest BCUT2D eigenvalue weighted by Gasteiger charge is -2.16. The lowest BCUT2D eigenvalue weighted by atomic mass is 10.1. The van der Waals surface area contributed by atoms with Gasteiger partial charge >= 0.3 is 0 Å². The molecule has 0 saturated heterocycles. The molecule has 3 heteroatoms. The highest BCUT2D eigenvalue weighted by molar-refractivity contribution is 5.29. The maximum Gasteiger partial charge on any atom is 0.119 e. The molecule has 1 aliphatic rings. The molecule has 16 heavy (non-hydrogen) atoms. The van der Waals surface area contributed by atoms with E-state index < -0.39 is 0 Å². The fourth-order valence-electron chi connectivity index (χ4n) is 1.67. The van der Waals surface area contributed by atoms with E-state index in [0.717, 1.165) is 5.75 Å². The van der Waals surface area contributed by atoms with Gasteiger partial charge in [0.1, 0.15) is 5.75 Å². The van der Waals surface area contributed by atoms with Gasteiger partial charge in [-0.15, -0.1) is 0 Å². The van der Waals surface area contributed by atoms with Gasteiger partial charge in [-0.3, -0.25) is 0 Å². The molecule has 1 aliphatic carbocycles. The van der Waals surface area contributed by atoms with Crippen molar-refractivity contribution in [2.45, 2.75) is 25.0 Å². The largest absolute Gasteiger partial charge is 0.490 e. The van der Waals surface area contributed by atoms with Gasteiger partial charge in [0, 0.05) is 7.11 Å². The molecule has 1 atom stereocenters. The molecule has 1 saturated carbocycles. The molecule has 0 radical (unpaired) electrons. The minimum atomic E-state index is 0.250. The summed E-state index contributed by atoms with van der Waals surface area (Å²) < 4.78 is 10.9. The Morgan fingerprint density at radius 1 is 1.31 bits per heavy atom. The summed E-state index contributed by atoms with van der Waals surface area (Å²) in [6, 6.07) is 8.51. The Bertz CT molecular complexity index is 319. The Labute approximate surface area is 96.8 Å². The average molecular weight is 221 g/mol. The standard InChI is InChI=1S/C13H19NO2/c1-14-13(9-15-2)10-3-5-11(6-4-10)16-12-7-8-12/h3-6,12-14H,7-9H2,1-2H3. The third-order valence-corrected chi connectivity index (χ3v) is 2.79. The van der Waals surface area contributed by atoms with E-state index in [1.165, 1.54) is 18.4 Å². The van der Waals surface area contributed by atoms with E-state index in [4.69, 9.17) is 9.47 Å². The molecule has 0 bridgehead atoms. The molecule has 1 fully saturated rings. The van der Waals surface area contributed by atoms with Crippen molar-refractivity contribution in [1.82, 2.24) is 5.32 Å². The monoisotopic (exact) mass is 221 g/mol. The second-order valence-electron chi connectivity index (χ2n) is 4.18. The van der Waals surface area contributed by atoms with E-state index in [1.807, 2.05) is 19.2 Å². The van der Waals surface area contributed by atoms with Crippen LogP contribution in [0.3, 0.4) is 0 Å². The highest BCUT2D eigenvalue weighted by atomic mass is 16.5. The predicted octanol–water partition coefficient (Wildman–Crippen LogP) is 2.13. The predicted molar refractivity (Wildman–Crippen MR) is 63.8 cm³/mol. The number of benzene rings is 1. The van der Waals surface area contributed by atoms with Gasteiger partial charge in [-0.2, -0.15) is 0 Å². The van der Waals surface area contributed by atoms with E-state index in [1.54, 1.807) is 7.11 Å². The molecule has 0 heterocycles. The highest BCUT2D eigenvalue weighted by Crippen LogP contribution is 2.27. The van der Waals surface area contributed by atoms with Crippen molar-refractivity contribution in [3.63, 3.8) is 0 Å². The van der Waals surface area contributed by atoms with Gasteiger partial charge < -0.3 is 14.8 Å². The zero-order valence-corrected chi connectivity index (χ0v) is 9.90. The first kappa shape index (κ1) is 11.4. The lowest BCUT2D eigenvalue weighted by molar-refractivity contribution is 0.170. The van der Waals surface area contributed by atoms with Crippen LogP contribution in [0.5, 0.6) is 5.75 Å². The average Bonchev–Trinajstić information content (AvgIpc) is 3.11.